The SMILES string of the molecule is Cc1cc(C2(c3ccc(F)c(-c4cncnc4)c3)N=C(N)N(C)C2=O)ccc1OC(F)F.O=CO. The van der Waals surface area contributed by atoms with E-state index >= 15 is 0 Å². The highest BCUT2D eigenvalue weighted by Crippen LogP contribution is 2.42. The number of hydrogen-bond donors (Lipinski definition) is 2. The summed E-state index contributed by atoms with van der Waals surface area (Å²) in [7, 11) is 1.47. The fraction of sp³-hybridized carbons (Fsp3) is 0.174. The van der Waals surface area contributed by atoms with Crippen molar-refractivity contribution in [3.63, 3.8) is 0 Å². The van der Waals surface area contributed by atoms with Crippen LogP contribution in [0.15, 0.2) is 60.1 Å². The van der Waals surface area contributed by atoms with Crippen LogP contribution >= 0.6 is 0 Å². The van der Waals surface area contributed by atoms with Crippen molar-refractivity contribution in [2.45, 2.75) is 19.1 Å². The quantitative estimate of drug-likeness (QED) is 0.529. The van der Waals surface area contributed by atoms with Crippen molar-refractivity contribution in [1.29, 1.82) is 0 Å². The van der Waals surface area contributed by atoms with Gasteiger partial charge >= 0.3 is 6.61 Å². The fourth-order valence-corrected chi connectivity index (χ4v) is 3.70. The second kappa shape index (κ2) is 10.2. The lowest BCUT2D eigenvalue weighted by molar-refractivity contribution is -0.129. The van der Waals surface area contributed by atoms with Crippen LogP contribution in [-0.2, 0) is 15.1 Å². The Balaban J connectivity index is 0.00000108. The van der Waals surface area contributed by atoms with Crippen LogP contribution in [0.1, 0.15) is 16.7 Å². The zero-order chi connectivity index (χ0) is 25.8. The molecule has 12 heteroatoms. The van der Waals surface area contributed by atoms with Gasteiger partial charge in [0.15, 0.2) is 11.5 Å². The molecule has 1 atom stereocenters. The number of hydrogen-bond acceptors (Lipinski definition) is 7. The first-order chi connectivity index (χ1) is 16.6. The van der Waals surface area contributed by atoms with E-state index in [0.717, 1.165) is 0 Å². The molecule has 1 aliphatic heterocycles. The maximum Gasteiger partial charge on any atom is 0.387 e. The number of amides is 1. The number of nitrogens with two attached hydrogens (primary N) is 1. The minimum Gasteiger partial charge on any atom is -0.483 e. The average Bonchev–Trinajstić information content (AvgIpc) is 3.06. The van der Waals surface area contributed by atoms with Crippen molar-refractivity contribution in [1.82, 2.24) is 14.9 Å². The highest BCUT2D eigenvalue weighted by Gasteiger charge is 2.50. The van der Waals surface area contributed by atoms with E-state index in [4.69, 9.17) is 15.6 Å². The molecule has 35 heavy (non-hydrogen) atoms. The van der Waals surface area contributed by atoms with Crippen molar-refractivity contribution in [2.75, 3.05) is 7.05 Å². The van der Waals surface area contributed by atoms with Crippen LogP contribution in [-0.4, -0.2) is 52.0 Å². The number of carboxylic acid groups (broad SMARTS) is 1. The van der Waals surface area contributed by atoms with Crippen molar-refractivity contribution >= 4 is 18.3 Å². The topological polar surface area (TPSA) is 131 Å². The number of aromatic nitrogens is 2. The summed E-state index contributed by atoms with van der Waals surface area (Å²) >= 11 is 0. The predicted molar refractivity (Wildman–Crippen MR) is 119 cm³/mol. The third-order valence-electron chi connectivity index (χ3n) is 5.30. The number of alkyl halides is 2. The third kappa shape index (κ3) is 4.76. The van der Waals surface area contributed by atoms with E-state index in [-0.39, 0.29) is 23.7 Å². The summed E-state index contributed by atoms with van der Waals surface area (Å²) < 4.78 is 44.5. The summed E-state index contributed by atoms with van der Waals surface area (Å²) in [6, 6.07) is 8.48. The zero-order valence-electron chi connectivity index (χ0n) is 18.5. The van der Waals surface area contributed by atoms with Gasteiger partial charge in [0.1, 0.15) is 17.9 Å². The first kappa shape index (κ1) is 25.1. The maximum absolute atomic E-state index is 14.7. The number of aliphatic imine (C=N–C) groups is 1. The Bertz CT molecular complexity index is 1270. The zero-order valence-corrected chi connectivity index (χ0v) is 18.5. The number of rotatable bonds is 5. The first-order valence-electron chi connectivity index (χ1n) is 9.98. The molecule has 9 nitrogen and oxygen atoms in total. The number of guanidine groups is 1. The van der Waals surface area contributed by atoms with Crippen LogP contribution in [0.25, 0.3) is 11.1 Å². The molecule has 0 fully saturated rings. The molecule has 0 saturated heterocycles. The van der Waals surface area contributed by atoms with E-state index in [2.05, 4.69) is 19.7 Å². The van der Waals surface area contributed by atoms with E-state index in [1.165, 1.54) is 67.1 Å². The van der Waals surface area contributed by atoms with Crippen molar-refractivity contribution in [3.8, 4) is 16.9 Å². The molecule has 1 unspecified atom stereocenters. The normalized spacial score (nSPS) is 17.0. The van der Waals surface area contributed by atoms with Gasteiger partial charge in [0.2, 0.25) is 0 Å². The summed E-state index contributed by atoms with van der Waals surface area (Å²) in [5, 5.41) is 6.89. The Kier molecular flexibility index (Phi) is 7.33. The molecular weight excluding hydrogens is 467 g/mol. The van der Waals surface area contributed by atoms with Crippen molar-refractivity contribution in [2.24, 2.45) is 10.7 Å². The van der Waals surface area contributed by atoms with Crippen LogP contribution in [0.2, 0.25) is 0 Å². The molecule has 182 valence electrons. The molecule has 3 N–H and O–H groups in total. The van der Waals surface area contributed by atoms with Gasteiger partial charge in [0.05, 0.1) is 0 Å². The molecule has 3 aromatic rings. The van der Waals surface area contributed by atoms with Crippen LogP contribution in [0.5, 0.6) is 5.75 Å². The number of carbonyl (C=O) groups is 2. The van der Waals surface area contributed by atoms with Gasteiger partial charge in [-0.15, -0.1) is 0 Å². The van der Waals surface area contributed by atoms with Crippen LogP contribution < -0.4 is 10.5 Å². The maximum atomic E-state index is 14.7. The van der Waals surface area contributed by atoms with E-state index in [1.807, 2.05) is 0 Å². The van der Waals surface area contributed by atoms with E-state index < -0.39 is 23.9 Å². The predicted octanol–water partition coefficient (Wildman–Crippen LogP) is 2.92. The van der Waals surface area contributed by atoms with E-state index in [0.29, 0.717) is 22.3 Å². The Hall–Kier alpha value is -4.48. The van der Waals surface area contributed by atoms with E-state index in [1.54, 1.807) is 6.92 Å². The number of benzene rings is 2. The lowest BCUT2D eigenvalue weighted by Crippen LogP contribution is -2.41. The molecule has 2 heterocycles. The van der Waals surface area contributed by atoms with Gasteiger partial charge in [0, 0.05) is 30.6 Å². The minimum absolute atomic E-state index is 0.0316. The molecular formula is C23H20F3N5O4. The molecule has 0 spiro atoms. The third-order valence-corrected chi connectivity index (χ3v) is 5.30. The molecule has 2 aromatic carbocycles. The molecule has 0 bridgehead atoms. The van der Waals surface area contributed by atoms with Gasteiger partial charge in [-0.3, -0.25) is 14.5 Å². The summed E-state index contributed by atoms with van der Waals surface area (Å²) in [5.74, 6) is -1.07. The summed E-state index contributed by atoms with van der Waals surface area (Å²) in [6.45, 7) is -1.67. The van der Waals surface area contributed by atoms with Gasteiger partial charge < -0.3 is 15.6 Å². The van der Waals surface area contributed by atoms with E-state index in [9.17, 15) is 18.0 Å². The van der Waals surface area contributed by atoms with Crippen molar-refractivity contribution < 1.29 is 32.6 Å². The minimum atomic E-state index is -2.99. The molecule has 1 aromatic heterocycles. The summed E-state index contributed by atoms with van der Waals surface area (Å²) in [4.78, 5) is 35.2. The number of ether oxygens (including phenoxy) is 1. The lowest BCUT2D eigenvalue weighted by atomic mass is 9.81. The molecule has 4 rings (SSSR count). The monoisotopic (exact) mass is 487 g/mol. The van der Waals surface area contributed by atoms with Crippen LogP contribution in [0.4, 0.5) is 13.2 Å². The van der Waals surface area contributed by atoms with Gasteiger partial charge in [-0.2, -0.15) is 8.78 Å². The summed E-state index contributed by atoms with van der Waals surface area (Å²) in [6.07, 6.45) is 4.21. The molecule has 1 amide bonds. The highest BCUT2D eigenvalue weighted by atomic mass is 19.3. The van der Waals surface area contributed by atoms with Gasteiger partial charge in [-0.25, -0.2) is 19.4 Å². The largest absolute Gasteiger partial charge is 0.483 e. The van der Waals surface area contributed by atoms with Gasteiger partial charge in [0.25, 0.3) is 12.4 Å². The number of carbonyl (C=O) groups excluding carboxylic acids is 1. The Labute approximate surface area is 197 Å². The fourth-order valence-electron chi connectivity index (χ4n) is 3.70. The Morgan fingerprint density at radius 1 is 1.14 bits per heavy atom. The number of likely N-dealkylation sites (N-methyl/N-ethyl adjacent to an activating group) is 1. The van der Waals surface area contributed by atoms with Gasteiger partial charge in [-0.1, -0.05) is 12.1 Å². The standard InChI is InChI=1S/C22H18F3N5O2.CH2O2/c1-12-7-14(4-6-18(12)32-20(24)25)22(19(31)30(2)21(26)29-22)15-3-5-17(23)16(8-15)13-9-27-11-28-10-13;2-1-3/h3-11,20H,1-2H3,(H2,26,29);1H,(H,2,3). The summed E-state index contributed by atoms with van der Waals surface area (Å²) in [5.41, 5.74) is 6.01. The molecule has 0 saturated carbocycles. The number of aryl methyl sites for hydroxylation is 1. The number of halogens is 3. The van der Waals surface area contributed by atoms with Crippen LogP contribution in [0.3, 0.4) is 0 Å². The second-order valence-electron chi connectivity index (χ2n) is 7.33. The van der Waals surface area contributed by atoms with Crippen molar-refractivity contribution in [3.05, 3.63) is 77.6 Å². The Morgan fingerprint density at radius 2 is 1.74 bits per heavy atom. The second-order valence-corrected chi connectivity index (χ2v) is 7.33. The lowest BCUT2D eigenvalue weighted by Gasteiger charge is -2.27. The smallest absolute Gasteiger partial charge is 0.387 e. The Morgan fingerprint density at radius 3 is 2.29 bits per heavy atom. The average molecular weight is 487 g/mol. The molecule has 0 radical (unpaired) electrons. The highest BCUT2D eigenvalue weighted by molar-refractivity contribution is 6.09. The molecule has 1 aliphatic rings. The first-order valence-corrected chi connectivity index (χ1v) is 9.98. The molecule has 0 aliphatic carbocycles. The van der Waals surface area contributed by atoms with Gasteiger partial charge in [-0.05, 0) is 47.9 Å². The number of nitrogens with zero attached hydrogens (tertiary/aromatic N) is 4. The van der Waals surface area contributed by atoms with Crippen LogP contribution in [0, 0.1) is 12.7 Å².